The summed E-state index contributed by atoms with van der Waals surface area (Å²) in [7, 11) is 2.21. The minimum Gasteiger partial charge on any atom is -0.296 e. The maximum atomic E-state index is 4.93. The standard InChI is InChI=1S/C15H17BrN2S2/c1-10-14(11-3-5-12(16)6-4-11)17-15(20-10)13-9-19-8-7-18(13)2/h3-6,13H,7-9H2,1-2H3. The topological polar surface area (TPSA) is 16.1 Å². The molecule has 3 rings (SSSR count). The third-order valence-corrected chi connectivity index (χ3v) is 6.24. The molecule has 0 aliphatic carbocycles. The summed E-state index contributed by atoms with van der Waals surface area (Å²) in [6.07, 6.45) is 0. The van der Waals surface area contributed by atoms with E-state index in [1.807, 2.05) is 23.1 Å². The summed E-state index contributed by atoms with van der Waals surface area (Å²) in [6, 6.07) is 8.90. The molecule has 1 aliphatic heterocycles. The van der Waals surface area contributed by atoms with Crippen LogP contribution in [0.2, 0.25) is 0 Å². The van der Waals surface area contributed by atoms with Crippen molar-refractivity contribution in [2.45, 2.75) is 13.0 Å². The van der Waals surface area contributed by atoms with Gasteiger partial charge in [0.25, 0.3) is 0 Å². The van der Waals surface area contributed by atoms with Crippen molar-refractivity contribution in [1.29, 1.82) is 0 Å². The lowest BCUT2D eigenvalue weighted by Gasteiger charge is -2.30. The van der Waals surface area contributed by atoms with E-state index in [1.54, 1.807) is 0 Å². The van der Waals surface area contributed by atoms with Gasteiger partial charge in [-0.3, -0.25) is 4.90 Å². The van der Waals surface area contributed by atoms with Crippen LogP contribution in [0.1, 0.15) is 15.9 Å². The van der Waals surface area contributed by atoms with Crippen LogP contribution < -0.4 is 0 Å². The maximum absolute atomic E-state index is 4.93. The Morgan fingerprint density at radius 1 is 1.30 bits per heavy atom. The highest BCUT2D eigenvalue weighted by Gasteiger charge is 2.25. The van der Waals surface area contributed by atoms with Gasteiger partial charge in [0, 0.05) is 33.0 Å². The lowest BCUT2D eigenvalue weighted by Crippen LogP contribution is -2.32. The molecule has 0 radical (unpaired) electrons. The third kappa shape index (κ3) is 2.96. The molecular weight excluding hydrogens is 352 g/mol. The number of aryl methyl sites for hydroxylation is 1. The van der Waals surface area contributed by atoms with Gasteiger partial charge in [-0.25, -0.2) is 4.98 Å². The van der Waals surface area contributed by atoms with Gasteiger partial charge in [-0.05, 0) is 26.1 Å². The summed E-state index contributed by atoms with van der Waals surface area (Å²) in [5, 5.41) is 1.26. The molecule has 0 bridgehead atoms. The van der Waals surface area contributed by atoms with Gasteiger partial charge in [0.2, 0.25) is 0 Å². The Morgan fingerprint density at radius 3 is 2.75 bits per heavy atom. The molecule has 1 unspecified atom stereocenters. The second kappa shape index (κ2) is 6.18. The van der Waals surface area contributed by atoms with Gasteiger partial charge >= 0.3 is 0 Å². The highest BCUT2D eigenvalue weighted by Crippen LogP contribution is 2.35. The molecule has 1 fully saturated rings. The molecule has 1 saturated heterocycles. The SMILES string of the molecule is Cc1sc(C2CSCCN2C)nc1-c1ccc(Br)cc1. The molecule has 1 aliphatic rings. The lowest BCUT2D eigenvalue weighted by molar-refractivity contribution is 0.274. The number of halogens is 1. The van der Waals surface area contributed by atoms with E-state index >= 15 is 0 Å². The molecule has 0 saturated carbocycles. The molecule has 0 N–H and O–H groups in total. The van der Waals surface area contributed by atoms with Crippen LogP contribution in [0.4, 0.5) is 0 Å². The zero-order valence-electron chi connectivity index (χ0n) is 11.6. The average Bonchev–Trinajstić information content (AvgIpc) is 2.82. The largest absolute Gasteiger partial charge is 0.296 e. The second-order valence-corrected chi connectivity index (χ2v) is 8.34. The Morgan fingerprint density at radius 2 is 2.05 bits per heavy atom. The predicted octanol–water partition coefficient (Wildman–Crippen LogP) is 4.60. The highest BCUT2D eigenvalue weighted by molar-refractivity contribution is 9.10. The number of thiazole rings is 1. The first-order valence-electron chi connectivity index (χ1n) is 6.66. The van der Waals surface area contributed by atoms with E-state index in [2.05, 4.69) is 59.1 Å². The molecule has 5 heteroatoms. The number of hydrogen-bond donors (Lipinski definition) is 0. The van der Waals surface area contributed by atoms with E-state index < -0.39 is 0 Å². The van der Waals surface area contributed by atoms with Crippen molar-refractivity contribution in [2.75, 3.05) is 25.1 Å². The average molecular weight is 369 g/mol. The lowest BCUT2D eigenvalue weighted by atomic mass is 10.1. The number of hydrogen-bond acceptors (Lipinski definition) is 4. The van der Waals surface area contributed by atoms with Crippen LogP contribution in [0.5, 0.6) is 0 Å². The Hall–Kier alpha value is -0.360. The Kier molecular flexibility index (Phi) is 4.50. The molecule has 0 spiro atoms. The molecular formula is C15H17BrN2S2. The van der Waals surface area contributed by atoms with Crippen LogP contribution >= 0.6 is 39.0 Å². The van der Waals surface area contributed by atoms with E-state index in [0.717, 1.165) is 22.5 Å². The number of rotatable bonds is 2. The normalized spacial score (nSPS) is 20.2. The van der Waals surface area contributed by atoms with Crippen molar-refractivity contribution in [3.8, 4) is 11.3 Å². The predicted molar refractivity (Wildman–Crippen MR) is 92.7 cm³/mol. The Balaban J connectivity index is 1.92. The quantitative estimate of drug-likeness (QED) is 0.770. The summed E-state index contributed by atoms with van der Waals surface area (Å²) < 4.78 is 1.11. The van der Waals surface area contributed by atoms with Crippen molar-refractivity contribution >= 4 is 39.0 Å². The van der Waals surface area contributed by atoms with E-state index in [1.165, 1.54) is 21.2 Å². The Labute approximate surface area is 136 Å². The minimum atomic E-state index is 0.474. The van der Waals surface area contributed by atoms with Crippen LogP contribution in [0.15, 0.2) is 28.7 Å². The summed E-state index contributed by atoms with van der Waals surface area (Å²) >= 11 is 7.36. The van der Waals surface area contributed by atoms with E-state index in [9.17, 15) is 0 Å². The van der Waals surface area contributed by atoms with E-state index in [4.69, 9.17) is 4.98 Å². The summed E-state index contributed by atoms with van der Waals surface area (Å²) in [6.45, 7) is 3.33. The number of nitrogens with zero attached hydrogens (tertiary/aromatic N) is 2. The van der Waals surface area contributed by atoms with Crippen molar-refractivity contribution in [1.82, 2.24) is 9.88 Å². The van der Waals surface area contributed by atoms with Crippen molar-refractivity contribution in [2.24, 2.45) is 0 Å². The van der Waals surface area contributed by atoms with Crippen molar-refractivity contribution < 1.29 is 0 Å². The molecule has 1 aromatic heterocycles. The van der Waals surface area contributed by atoms with Gasteiger partial charge in [0.15, 0.2) is 0 Å². The molecule has 106 valence electrons. The zero-order chi connectivity index (χ0) is 14.1. The fraction of sp³-hybridized carbons (Fsp3) is 0.400. The van der Waals surface area contributed by atoms with Gasteiger partial charge in [-0.15, -0.1) is 11.3 Å². The summed E-state index contributed by atoms with van der Waals surface area (Å²) in [4.78, 5) is 8.67. The third-order valence-electron chi connectivity index (χ3n) is 3.61. The molecule has 2 nitrogen and oxygen atoms in total. The zero-order valence-corrected chi connectivity index (χ0v) is 14.8. The van der Waals surface area contributed by atoms with Crippen molar-refractivity contribution in [3.05, 3.63) is 38.6 Å². The van der Waals surface area contributed by atoms with Gasteiger partial charge < -0.3 is 0 Å². The number of benzene rings is 1. The Bertz CT molecular complexity index is 594. The van der Waals surface area contributed by atoms with Gasteiger partial charge in [-0.2, -0.15) is 11.8 Å². The number of thioether (sulfide) groups is 1. The summed E-state index contributed by atoms with van der Waals surface area (Å²) in [5.74, 6) is 2.39. The molecule has 20 heavy (non-hydrogen) atoms. The number of aromatic nitrogens is 1. The van der Waals surface area contributed by atoms with E-state index in [-0.39, 0.29) is 0 Å². The van der Waals surface area contributed by atoms with Gasteiger partial charge in [0.1, 0.15) is 5.01 Å². The summed E-state index contributed by atoms with van der Waals surface area (Å²) in [5.41, 5.74) is 2.35. The molecule has 2 aromatic rings. The maximum Gasteiger partial charge on any atom is 0.112 e. The van der Waals surface area contributed by atoms with Crippen LogP contribution in [0.25, 0.3) is 11.3 Å². The monoisotopic (exact) mass is 368 g/mol. The second-order valence-electron chi connectivity index (χ2n) is 5.04. The first-order valence-corrected chi connectivity index (χ1v) is 9.43. The highest BCUT2D eigenvalue weighted by atomic mass is 79.9. The van der Waals surface area contributed by atoms with Crippen LogP contribution in [-0.2, 0) is 0 Å². The fourth-order valence-electron chi connectivity index (χ4n) is 2.38. The molecule has 0 amide bonds. The molecule has 1 atom stereocenters. The molecule has 1 aromatic carbocycles. The van der Waals surface area contributed by atoms with Crippen LogP contribution in [-0.4, -0.2) is 35.0 Å². The molecule has 2 heterocycles. The van der Waals surface area contributed by atoms with Crippen LogP contribution in [0, 0.1) is 6.92 Å². The fourth-order valence-corrected chi connectivity index (χ4v) is 5.08. The van der Waals surface area contributed by atoms with Gasteiger partial charge in [-0.1, -0.05) is 28.1 Å². The van der Waals surface area contributed by atoms with Crippen LogP contribution in [0.3, 0.4) is 0 Å². The minimum absolute atomic E-state index is 0.474. The van der Waals surface area contributed by atoms with E-state index in [0.29, 0.717) is 6.04 Å². The van der Waals surface area contributed by atoms with Gasteiger partial charge in [0.05, 0.1) is 11.7 Å². The first kappa shape index (κ1) is 14.6. The first-order chi connectivity index (χ1) is 9.65. The smallest absolute Gasteiger partial charge is 0.112 e. The van der Waals surface area contributed by atoms with Crippen molar-refractivity contribution in [3.63, 3.8) is 0 Å².